The maximum atomic E-state index is 12.6. The van der Waals surface area contributed by atoms with Crippen molar-refractivity contribution in [3.05, 3.63) is 53.6 Å². The van der Waals surface area contributed by atoms with Crippen LogP contribution in [0.3, 0.4) is 0 Å². The number of benzene rings is 2. The van der Waals surface area contributed by atoms with Gasteiger partial charge in [-0.25, -0.2) is 0 Å². The average molecular weight is 383 g/mol. The molecule has 1 heterocycles. The number of rotatable bonds is 6. The van der Waals surface area contributed by atoms with Crippen molar-refractivity contribution in [1.82, 2.24) is 10.2 Å². The van der Waals surface area contributed by atoms with E-state index in [4.69, 9.17) is 9.47 Å². The van der Waals surface area contributed by atoms with Crippen molar-refractivity contribution in [2.75, 3.05) is 32.6 Å². The molecule has 1 aliphatic heterocycles. The Balaban J connectivity index is 1.58. The van der Waals surface area contributed by atoms with Gasteiger partial charge in [0, 0.05) is 30.9 Å². The van der Waals surface area contributed by atoms with Crippen LogP contribution in [0.4, 0.5) is 5.69 Å². The summed E-state index contributed by atoms with van der Waals surface area (Å²) >= 11 is 0. The lowest BCUT2D eigenvalue weighted by Gasteiger charge is -2.24. The summed E-state index contributed by atoms with van der Waals surface area (Å²) in [5.41, 5.74) is 2.30. The number of carbonyl (C=O) groups is 2. The van der Waals surface area contributed by atoms with Crippen LogP contribution in [0.15, 0.2) is 42.5 Å². The van der Waals surface area contributed by atoms with E-state index in [9.17, 15) is 9.59 Å². The molecule has 7 heteroatoms. The average Bonchev–Trinajstić information content (AvgIpc) is 2.73. The van der Waals surface area contributed by atoms with Crippen molar-refractivity contribution in [3.63, 3.8) is 0 Å². The van der Waals surface area contributed by atoms with E-state index in [0.717, 1.165) is 5.56 Å². The predicted octanol–water partition coefficient (Wildman–Crippen LogP) is 2.28. The second-order valence-electron chi connectivity index (χ2n) is 6.71. The molecule has 1 aliphatic rings. The Labute approximate surface area is 164 Å². The number of carbonyl (C=O) groups excluding carboxylic acids is 2. The van der Waals surface area contributed by atoms with Crippen molar-refractivity contribution in [3.8, 4) is 11.5 Å². The molecule has 0 unspecified atom stereocenters. The molecule has 7 nitrogen and oxygen atoms in total. The number of ether oxygens (including phenoxy) is 2. The van der Waals surface area contributed by atoms with E-state index >= 15 is 0 Å². The van der Waals surface area contributed by atoms with Crippen LogP contribution in [0.5, 0.6) is 11.5 Å². The molecule has 148 valence electrons. The summed E-state index contributed by atoms with van der Waals surface area (Å²) in [4.78, 5) is 26.2. The second-order valence-corrected chi connectivity index (χ2v) is 6.71. The highest BCUT2D eigenvalue weighted by atomic mass is 16.6. The monoisotopic (exact) mass is 383 g/mol. The molecular weight excluding hydrogens is 358 g/mol. The minimum absolute atomic E-state index is 0.110. The van der Waals surface area contributed by atoms with Gasteiger partial charge in [-0.15, -0.1) is 0 Å². The van der Waals surface area contributed by atoms with E-state index in [1.54, 1.807) is 37.4 Å². The van der Waals surface area contributed by atoms with Gasteiger partial charge in [-0.3, -0.25) is 14.5 Å². The van der Waals surface area contributed by atoms with Crippen LogP contribution in [-0.2, 0) is 11.3 Å². The number of hydrogen-bond donors (Lipinski definition) is 2. The fourth-order valence-corrected chi connectivity index (χ4v) is 2.90. The molecule has 0 aromatic heterocycles. The first-order chi connectivity index (χ1) is 13.5. The number of nitrogens with one attached hydrogen (secondary N) is 2. The summed E-state index contributed by atoms with van der Waals surface area (Å²) in [5, 5.41) is 5.52. The highest BCUT2D eigenvalue weighted by Crippen LogP contribution is 2.32. The third kappa shape index (κ3) is 4.61. The smallest absolute Gasteiger partial charge is 0.251 e. The van der Waals surface area contributed by atoms with Gasteiger partial charge in [0.15, 0.2) is 11.5 Å². The summed E-state index contributed by atoms with van der Waals surface area (Å²) in [6.45, 7) is 3.48. The van der Waals surface area contributed by atoms with Crippen LogP contribution in [0.1, 0.15) is 22.8 Å². The van der Waals surface area contributed by atoms with Crippen LogP contribution < -0.4 is 20.1 Å². The minimum Gasteiger partial charge on any atom is -0.486 e. The largest absolute Gasteiger partial charge is 0.486 e. The zero-order valence-electron chi connectivity index (χ0n) is 16.3. The van der Waals surface area contributed by atoms with Gasteiger partial charge >= 0.3 is 0 Å². The van der Waals surface area contributed by atoms with Crippen LogP contribution in [0.2, 0.25) is 0 Å². The summed E-state index contributed by atoms with van der Waals surface area (Å²) in [7, 11) is 3.49. The van der Waals surface area contributed by atoms with Crippen molar-refractivity contribution in [2.24, 2.45) is 0 Å². The maximum Gasteiger partial charge on any atom is 0.251 e. The van der Waals surface area contributed by atoms with E-state index in [1.807, 2.05) is 31.0 Å². The third-order valence-corrected chi connectivity index (χ3v) is 4.73. The lowest BCUT2D eigenvalue weighted by Crippen LogP contribution is -2.39. The molecule has 0 bridgehead atoms. The molecule has 0 saturated heterocycles. The van der Waals surface area contributed by atoms with E-state index in [0.29, 0.717) is 42.5 Å². The molecule has 0 aliphatic carbocycles. The Morgan fingerprint density at radius 3 is 2.43 bits per heavy atom. The summed E-state index contributed by atoms with van der Waals surface area (Å²) in [6.07, 6.45) is 0. The minimum atomic E-state index is -0.341. The van der Waals surface area contributed by atoms with Crippen LogP contribution in [0, 0.1) is 0 Å². The van der Waals surface area contributed by atoms with Crippen molar-refractivity contribution in [2.45, 2.75) is 19.5 Å². The molecule has 2 aromatic carbocycles. The van der Waals surface area contributed by atoms with Gasteiger partial charge in [0.25, 0.3) is 5.91 Å². The standard InChI is InChI=1S/C21H25N3O4/c1-14(24(3)13-15-4-6-16(7-5-15)21(26)22-2)20(25)23-17-8-9-18-19(12-17)28-11-10-27-18/h4-9,12,14H,10-11,13H2,1-3H3,(H,22,26)(H,23,25)/t14-/m1/s1. The van der Waals surface area contributed by atoms with E-state index in [2.05, 4.69) is 10.6 Å². The first-order valence-corrected chi connectivity index (χ1v) is 9.19. The molecule has 1 atom stereocenters. The normalized spacial score (nSPS) is 13.7. The number of anilines is 1. The van der Waals surface area contributed by atoms with Gasteiger partial charge in [-0.2, -0.15) is 0 Å². The molecule has 3 rings (SSSR count). The highest BCUT2D eigenvalue weighted by Gasteiger charge is 2.20. The Morgan fingerprint density at radius 1 is 1.07 bits per heavy atom. The SMILES string of the molecule is CNC(=O)c1ccc(CN(C)[C@H](C)C(=O)Nc2ccc3c(c2)OCCO3)cc1. The van der Waals surface area contributed by atoms with Crippen LogP contribution in [-0.4, -0.2) is 50.1 Å². The molecule has 2 N–H and O–H groups in total. The highest BCUT2D eigenvalue weighted by molar-refractivity contribution is 5.95. The summed E-state index contributed by atoms with van der Waals surface area (Å²) in [6, 6.07) is 12.4. The zero-order valence-corrected chi connectivity index (χ0v) is 16.3. The van der Waals surface area contributed by atoms with Crippen molar-refractivity contribution in [1.29, 1.82) is 0 Å². The first kappa shape index (κ1) is 19.7. The fraction of sp³-hybridized carbons (Fsp3) is 0.333. The number of hydrogen-bond acceptors (Lipinski definition) is 5. The maximum absolute atomic E-state index is 12.6. The molecule has 28 heavy (non-hydrogen) atoms. The fourth-order valence-electron chi connectivity index (χ4n) is 2.90. The Hall–Kier alpha value is -3.06. The predicted molar refractivity (Wildman–Crippen MR) is 107 cm³/mol. The Bertz CT molecular complexity index is 851. The van der Waals surface area contributed by atoms with Crippen LogP contribution in [0.25, 0.3) is 0 Å². The topological polar surface area (TPSA) is 79.9 Å². The van der Waals surface area contributed by atoms with E-state index < -0.39 is 0 Å². The Kier molecular flexibility index (Phi) is 6.16. The van der Waals surface area contributed by atoms with Crippen molar-refractivity contribution < 1.29 is 19.1 Å². The van der Waals surface area contributed by atoms with Gasteiger partial charge in [0.2, 0.25) is 5.91 Å². The van der Waals surface area contributed by atoms with Gasteiger partial charge in [-0.1, -0.05) is 12.1 Å². The number of nitrogens with zero attached hydrogens (tertiary/aromatic N) is 1. The quantitative estimate of drug-likeness (QED) is 0.800. The van der Waals surface area contributed by atoms with Gasteiger partial charge in [0.1, 0.15) is 13.2 Å². The summed E-state index contributed by atoms with van der Waals surface area (Å²) < 4.78 is 11.0. The number of fused-ring (bicyclic) bond motifs is 1. The molecule has 0 spiro atoms. The second kappa shape index (κ2) is 8.75. The molecule has 2 aromatic rings. The number of likely N-dealkylation sites (N-methyl/N-ethyl adjacent to an activating group) is 1. The molecule has 0 fully saturated rings. The zero-order chi connectivity index (χ0) is 20.1. The third-order valence-electron chi connectivity index (χ3n) is 4.73. The molecule has 2 amide bonds. The lowest BCUT2D eigenvalue weighted by atomic mass is 10.1. The van der Waals surface area contributed by atoms with Crippen molar-refractivity contribution >= 4 is 17.5 Å². The number of amides is 2. The van der Waals surface area contributed by atoms with E-state index in [1.165, 1.54) is 0 Å². The summed E-state index contributed by atoms with van der Waals surface area (Å²) in [5.74, 6) is 1.10. The lowest BCUT2D eigenvalue weighted by molar-refractivity contribution is -0.120. The van der Waals surface area contributed by atoms with Gasteiger partial charge in [-0.05, 0) is 43.8 Å². The van der Waals surface area contributed by atoms with Gasteiger partial charge < -0.3 is 20.1 Å². The molecule has 0 saturated carbocycles. The Morgan fingerprint density at radius 2 is 1.75 bits per heavy atom. The first-order valence-electron chi connectivity index (χ1n) is 9.19. The molecular formula is C21H25N3O4. The van der Waals surface area contributed by atoms with Crippen LogP contribution >= 0.6 is 0 Å². The molecule has 0 radical (unpaired) electrons. The van der Waals surface area contributed by atoms with Gasteiger partial charge in [0.05, 0.1) is 6.04 Å². The van der Waals surface area contributed by atoms with E-state index in [-0.39, 0.29) is 17.9 Å².